The lowest BCUT2D eigenvalue weighted by Gasteiger charge is -2.21. The van der Waals surface area contributed by atoms with Gasteiger partial charge in [-0.2, -0.15) is 0 Å². The van der Waals surface area contributed by atoms with Crippen molar-refractivity contribution in [2.45, 2.75) is 142 Å². The summed E-state index contributed by atoms with van der Waals surface area (Å²) in [7, 11) is -3.38. The molecule has 0 amide bonds. The molecule has 0 bridgehead atoms. The van der Waals surface area contributed by atoms with Crippen molar-refractivity contribution < 1.29 is 23.8 Å². The van der Waals surface area contributed by atoms with E-state index in [1.165, 1.54) is 103 Å². The molecule has 0 aliphatic rings. The van der Waals surface area contributed by atoms with Crippen molar-refractivity contribution in [1.29, 1.82) is 0 Å². The van der Waals surface area contributed by atoms with Crippen molar-refractivity contribution in [2.75, 3.05) is 32.5 Å². The van der Waals surface area contributed by atoms with E-state index < -0.39 is 13.7 Å². The highest BCUT2D eigenvalue weighted by atomic mass is 31.2. The van der Waals surface area contributed by atoms with Gasteiger partial charge in [0.05, 0.1) is 37.3 Å². The Balaban J connectivity index is 1.42. The van der Waals surface area contributed by atoms with E-state index in [9.17, 15) is 14.5 Å². The molecule has 2 unspecified atom stereocenters. The molecule has 254 valence electrons. The highest BCUT2D eigenvalue weighted by Crippen LogP contribution is 2.48. The van der Waals surface area contributed by atoms with Crippen molar-refractivity contribution in [2.24, 2.45) is 0 Å². The van der Waals surface area contributed by atoms with Gasteiger partial charge in [-0.05, 0) is 19.8 Å². The number of rotatable bonds is 30. The van der Waals surface area contributed by atoms with E-state index >= 15 is 0 Å². The van der Waals surface area contributed by atoms with Crippen LogP contribution in [0.1, 0.15) is 134 Å². The van der Waals surface area contributed by atoms with E-state index in [1.54, 1.807) is 13.1 Å². The number of nitrogens with one attached hydrogen (secondary N) is 3. The van der Waals surface area contributed by atoms with Crippen LogP contribution in [0.3, 0.4) is 0 Å². The van der Waals surface area contributed by atoms with Crippen LogP contribution in [0.5, 0.6) is 0 Å². The SMILES string of the molecule is CCOP(=O)(CC(O)CNCc1c[nH]c2c(=O)[nH]cnc12)OCCCCCCCCCCCCCCCCCCCCCO. The van der Waals surface area contributed by atoms with Crippen molar-refractivity contribution in [3.8, 4) is 0 Å². The van der Waals surface area contributed by atoms with Gasteiger partial charge >= 0.3 is 7.60 Å². The van der Waals surface area contributed by atoms with E-state index in [0.717, 1.165) is 31.2 Å². The van der Waals surface area contributed by atoms with Gasteiger partial charge in [-0.3, -0.25) is 9.36 Å². The van der Waals surface area contributed by atoms with Crippen LogP contribution in [0.15, 0.2) is 17.3 Å². The molecule has 2 aromatic rings. The Hall–Kier alpha value is -1.55. The minimum Gasteiger partial charge on any atom is -0.396 e. The quantitative estimate of drug-likeness (QED) is 0.0439. The fourth-order valence-electron chi connectivity index (χ4n) is 5.60. The molecule has 0 aliphatic carbocycles. The van der Waals surface area contributed by atoms with Crippen LogP contribution in [0.4, 0.5) is 0 Å². The van der Waals surface area contributed by atoms with Crippen molar-refractivity contribution in [3.05, 3.63) is 28.4 Å². The summed E-state index contributed by atoms with van der Waals surface area (Å²) < 4.78 is 24.3. The molecule has 44 heavy (non-hydrogen) atoms. The van der Waals surface area contributed by atoms with Crippen molar-refractivity contribution in [3.63, 3.8) is 0 Å². The first-order chi connectivity index (χ1) is 21.5. The second kappa shape index (κ2) is 24.7. The van der Waals surface area contributed by atoms with Gasteiger partial charge in [-0.15, -0.1) is 0 Å². The number of aliphatic hydroxyl groups is 2. The van der Waals surface area contributed by atoms with Gasteiger partial charge < -0.3 is 34.5 Å². The highest BCUT2D eigenvalue weighted by molar-refractivity contribution is 7.53. The summed E-state index contributed by atoms with van der Waals surface area (Å²) in [6, 6.07) is 0. The molecule has 0 aromatic carbocycles. The van der Waals surface area contributed by atoms with E-state index in [0.29, 0.717) is 30.8 Å². The van der Waals surface area contributed by atoms with Gasteiger partial charge in [0.25, 0.3) is 5.56 Å². The molecule has 0 aliphatic heterocycles. The smallest absolute Gasteiger partial charge is 0.333 e. The molecule has 0 fully saturated rings. The van der Waals surface area contributed by atoms with Crippen molar-refractivity contribution >= 4 is 18.6 Å². The molecule has 2 aromatic heterocycles. The van der Waals surface area contributed by atoms with Crippen LogP contribution >= 0.6 is 7.60 Å². The number of aromatic amines is 2. The Morgan fingerprint density at radius 3 is 1.86 bits per heavy atom. The maximum atomic E-state index is 13.1. The Labute approximate surface area is 265 Å². The Morgan fingerprint density at radius 1 is 0.818 bits per heavy atom. The van der Waals surface area contributed by atoms with E-state index in [-0.39, 0.29) is 24.9 Å². The third-order valence-electron chi connectivity index (χ3n) is 8.09. The minimum absolute atomic E-state index is 0.0631. The van der Waals surface area contributed by atoms with Crippen LogP contribution in [0.2, 0.25) is 0 Å². The average molecular weight is 641 g/mol. The number of fused-ring (bicyclic) bond motifs is 1. The number of unbranched alkanes of at least 4 members (excludes halogenated alkanes) is 18. The van der Waals surface area contributed by atoms with Crippen molar-refractivity contribution in [1.82, 2.24) is 20.3 Å². The van der Waals surface area contributed by atoms with Crippen LogP contribution in [-0.4, -0.2) is 63.8 Å². The average Bonchev–Trinajstić information content (AvgIpc) is 3.42. The molecule has 5 N–H and O–H groups in total. The molecular formula is C33H61N4O6P. The molecular weight excluding hydrogens is 579 g/mol. The van der Waals surface area contributed by atoms with Crippen LogP contribution in [0, 0.1) is 0 Å². The van der Waals surface area contributed by atoms with Crippen LogP contribution in [-0.2, 0) is 20.2 Å². The summed E-state index contributed by atoms with van der Waals surface area (Å²) in [5.41, 5.74) is 1.59. The molecule has 0 spiro atoms. The predicted octanol–water partition coefficient (Wildman–Crippen LogP) is 7.35. The number of H-pyrrole nitrogens is 2. The predicted molar refractivity (Wildman–Crippen MR) is 179 cm³/mol. The third-order valence-corrected chi connectivity index (χ3v) is 10.2. The van der Waals surface area contributed by atoms with Gasteiger partial charge in [0.2, 0.25) is 0 Å². The number of aliphatic hydroxyl groups excluding tert-OH is 2. The van der Waals surface area contributed by atoms with Gasteiger partial charge in [0, 0.05) is 31.5 Å². The first kappa shape index (κ1) is 38.6. The van der Waals surface area contributed by atoms with Crippen LogP contribution < -0.4 is 10.9 Å². The standard InChI is InChI=1S/C33H61N4O6P/c1-2-42-44(41,27-30(39)26-34-24-29-25-35-32-31(29)36-28-37-33(32)40)43-23-21-19-17-15-13-11-9-7-5-3-4-6-8-10-12-14-16-18-20-22-38/h25,28,30,34-35,38-39H,2-24,26-27H2,1H3,(H,36,37,40). The zero-order valence-corrected chi connectivity index (χ0v) is 28.2. The molecule has 2 atom stereocenters. The van der Waals surface area contributed by atoms with E-state index in [2.05, 4.69) is 20.3 Å². The summed E-state index contributed by atoms with van der Waals surface area (Å²) in [4.78, 5) is 21.5. The summed E-state index contributed by atoms with van der Waals surface area (Å²) in [5.74, 6) is 0. The zero-order valence-electron chi connectivity index (χ0n) is 27.3. The lowest BCUT2D eigenvalue weighted by Crippen LogP contribution is -2.29. The zero-order chi connectivity index (χ0) is 31.7. The first-order valence-electron chi connectivity index (χ1n) is 17.4. The van der Waals surface area contributed by atoms with Crippen LogP contribution in [0.25, 0.3) is 11.0 Å². The second-order valence-electron chi connectivity index (χ2n) is 12.0. The molecule has 10 nitrogen and oxygen atoms in total. The molecule has 11 heteroatoms. The van der Waals surface area contributed by atoms with E-state index in [4.69, 9.17) is 14.2 Å². The molecule has 0 radical (unpaired) electrons. The number of nitrogens with zero attached hydrogens (tertiary/aromatic N) is 1. The highest BCUT2D eigenvalue weighted by Gasteiger charge is 2.28. The lowest BCUT2D eigenvalue weighted by atomic mass is 10.0. The summed E-state index contributed by atoms with van der Waals surface area (Å²) >= 11 is 0. The number of hydrogen-bond donors (Lipinski definition) is 5. The fraction of sp³-hybridized carbons (Fsp3) is 0.818. The molecule has 0 saturated heterocycles. The molecule has 2 heterocycles. The number of hydrogen-bond acceptors (Lipinski definition) is 8. The van der Waals surface area contributed by atoms with Gasteiger partial charge in [0.1, 0.15) is 5.52 Å². The molecule has 0 saturated carbocycles. The summed E-state index contributed by atoms with van der Waals surface area (Å²) in [6.45, 7) is 3.37. The topological polar surface area (TPSA) is 150 Å². The normalized spacial score (nSPS) is 13.9. The number of aromatic nitrogens is 3. The Bertz CT molecular complexity index is 1080. The maximum Gasteiger partial charge on any atom is 0.333 e. The minimum atomic E-state index is -3.38. The Kier molecular flexibility index (Phi) is 21.6. The van der Waals surface area contributed by atoms with Gasteiger partial charge in [-0.1, -0.05) is 109 Å². The monoisotopic (exact) mass is 640 g/mol. The summed E-state index contributed by atoms with van der Waals surface area (Å²) in [6.07, 6.45) is 26.0. The first-order valence-corrected chi connectivity index (χ1v) is 19.1. The van der Waals surface area contributed by atoms with E-state index in [1.807, 2.05) is 0 Å². The lowest BCUT2D eigenvalue weighted by molar-refractivity contribution is 0.162. The molecule has 2 rings (SSSR count). The second-order valence-corrected chi connectivity index (χ2v) is 14.1. The fourth-order valence-corrected chi connectivity index (χ4v) is 7.33. The third kappa shape index (κ3) is 17.2. The Morgan fingerprint density at radius 2 is 1.34 bits per heavy atom. The summed E-state index contributed by atoms with van der Waals surface area (Å²) in [5, 5.41) is 22.4. The van der Waals surface area contributed by atoms with Gasteiger partial charge in [0.15, 0.2) is 0 Å². The largest absolute Gasteiger partial charge is 0.396 e. The maximum absolute atomic E-state index is 13.1. The van der Waals surface area contributed by atoms with Gasteiger partial charge in [-0.25, -0.2) is 4.98 Å².